The van der Waals surface area contributed by atoms with Crippen molar-refractivity contribution in [1.82, 2.24) is 10.6 Å². The number of nitrogens with one attached hydrogen (secondary N) is 2. The zero-order chi connectivity index (χ0) is 18.5. The van der Waals surface area contributed by atoms with Gasteiger partial charge in [-0.2, -0.15) is 0 Å². The standard InChI is InChI=1S/C19H30FN3OS.HI/c1-5-21-17(22-11-12-25(24)18(2,3)4)23-14-19(9-10-19)15-7-6-8-16(20)13-15;/h6-8,13H,5,9-12,14H2,1-4H3,(H2,21,22,23);1H. The smallest absolute Gasteiger partial charge is 0.191 e. The normalized spacial score (nSPS) is 17.2. The zero-order valence-electron chi connectivity index (χ0n) is 16.1. The summed E-state index contributed by atoms with van der Waals surface area (Å²) in [5.41, 5.74) is 1.000. The second-order valence-electron chi connectivity index (χ2n) is 7.57. The summed E-state index contributed by atoms with van der Waals surface area (Å²) in [4.78, 5) is 4.69. The number of aliphatic imine (C=N–C) groups is 1. The van der Waals surface area contributed by atoms with Crippen molar-refractivity contribution in [1.29, 1.82) is 0 Å². The van der Waals surface area contributed by atoms with Gasteiger partial charge in [0.05, 0.1) is 6.54 Å². The molecule has 1 aromatic carbocycles. The highest BCUT2D eigenvalue weighted by atomic mass is 127. The number of halogens is 2. The molecule has 4 nitrogen and oxygen atoms in total. The molecular weight excluding hydrogens is 464 g/mol. The molecule has 0 aromatic heterocycles. The predicted molar refractivity (Wildman–Crippen MR) is 119 cm³/mol. The maximum Gasteiger partial charge on any atom is 0.191 e. The molecule has 1 aliphatic rings. The lowest BCUT2D eigenvalue weighted by Gasteiger charge is -2.19. The van der Waals surface area contributed by atoms with Crippen LogP contribution in [0.4, 0.5) is 4.39 Å². The van der Waals surface area contributed by atoms with Gasteiger partial charge in [-0.1, -0.05) is 12.1 Å². The molecule has 26 heavy (non-hydrogen) atoms. The Morgan fingerprint density at radius 2 is 2.00 bits per heavy atom. The topological polar surface area (TPSA) is 53.5 Å². The van der Waals surface area contributed by atoms with Crippen molar-refractivity contribution in [3.05, 3.63) is 35.6 Å². The Kier molecular flexibility index (Phi) is 8.99. The first-order chi connectivity index (χ1) is 11.8. The van der Waals surface area contributed by atoms with Crippen LogP contribution in [0.25, 0.3) is 0 Å². The molecule has 148 valence electrons. The van der Waals surface area contributed by atoms with Gasteiger partial charge in [-0.15, -0.1) is 24.0 Å². The van der Waals surface area contributed by atoms with E-state index in [1.165, 1.54) is 6.07 Å². The minimum absolute atomic E-state index is 0. The number of guanidine groups is 1. The summed E-state index contributed by atoms with van der Waals surface area (Å²) in [5.74, 6) is 1.13. The van der Waals surface area contributed by atoms with Crippen molar-refractivity contribution >= 4 is 40.7 Å². The van der Waals surface area contributed by atoms with E-state index >= 15 is 0 Å². The van der Waals surface area contributed by atoms with E-state index in [2.05, 4.69) is 15.6 Å². The highest BCUT2D eigenvalue weighted by Gasteiger charge is 2.44. The van der Waals surface area contributed by atoms with Crippen molar-refractivity contribution in [2.75, 3.05) is 25.4 Å². The molecule has 2 rings (SSSR count). The minimum atomic E-state index is -0.886. The Hall–Kier alpha value is -0.700. The number of hydrogen-bond acceptors (Lipinski definition) is 2. The third-order valence-electron chi connectivity index (χ3n) is 4.44. The largest absolute Gasteiger partial charge is 0.357 e. The number of rotatable bonds is 7. The van der Waals surface area contributed by atoms with Crippen molar-refractivity contribution < 1.29 is 8.60 Å². The molecule has 0 aliphatic heterocycles. The molecule has 2 N–H and O–H groups in total. The first-order valence-electron chi connectivity index (χ1n) is 8.93. The molecule has 1 aromatic rings. The highest BCUT2D eigenvalue weighted by molar-refractivity contribution is 14.0. The zero-order valence-corrected chi connectivity index (χ0v) is 19.2. The monoisotopic (exact) mass is 495 g/mol. The van der Waals surface area contributed by atoms with E-state index in [1.54, 1.807) is 12.1 Å². The average molecular weight is 495 g/mol. The van der Waals surface area contributed by atoms with Crippen LogP contribution in [0.2, 0.25) is 0 Å². The molecule has 0 heterocycles. The fourth-order valence-corrected chi connectivity index (χ4v) is 3.55. The summed E-state index contributed by atoms with van der Waals surface area (Å²) in [7, 11) is -0.886. The SMILES string of the molecule is CCNC(=NCC1(c2cccc(F)c2)CC1)NCCS(=O)C(C)(C)C.I. The van der Waals surface area contributed by atoms with Gasteiger partial charge in [-0.3, -0.25) is 9.20 Å². The summed E-state index contributed by atoms with van der Waals surface area (Å²) < 4.78 is 25.4. The molecule has 0 saturated heterocycles. The number of nitrogens with zero attached hydrogens (tertiary/aromatic N) is 1. The van der Waals surface area contributed by atoms with Crippen LogP contribution in [-0.2, 0) is 16.2 Å². The van der Waals surface area contributed by atoms with Crippen LogP contribution in [0.1, 0.15) is 46.1 Å². The minimum Gasteiger partial charge on any atom is -0.357 e. The van der Waals surface area contributed by atoms with Crippen molar-refractivity contribution in [3.8, 4) is 0 Å². The van der Waals surface area contributed by atoms with Crippen LogP contribution in [0.15, 0.2) is 29.3 Å². The van der Waals surface area contributed by atoms with Gasteiger partial charge in [0, 0.05) is 39.8 Å². The van der Waals surface area contributed by atoms with E-state index in [-0.39, 0.29) is 40.0 Å². The van der Waals surface area contributed by atoms with Gasteiger partial charge in [0.1, 0.15) is 5.82 Å². The van der Waals surface area contributed by atoms with Gasteiger partial charge in [0.15, 0.2) is 5.96 Å². The fourth-order valence-electron chi connectivity index (χ4n) is 2.65. The third kappa shape index (κ3) is 6.79. The van der Waals surface area contributed by atoms with Gasteiger partial charge in [-0.25, -0.2) is 4.39 Å². The van der Waals surface area contributed by atoms with Crippen LogP contribution < -0.4 is 10.6 Å². The van der Waals surface area contributed by atoms with Crippen LogP contribution in [0, 0.1) is 5.82 Å². The molecule has 1 fully saturated rings. The van der Waals surface area contributed by atoms with Gasteiger partial charge in [0.25, 0.3) is 0 Å². The lowest BCUT2D eigenvalue weighted by Crippen LogP contribution is -2.40. The average Bonchev–Trinajstić information content (AvgIpc) is 3.33. The van der Waals surface area contributed by atoms with Crippen molar-refractivity contribution in [3.63, 3.8) is 0 Å². The van der Waals surface area contributed by atoms with Gasteiger partial charge in [-0.05, 0) is 58.2 Å². The fraction of sp³-hybridized carbons (Fsp3) is 0.632. The second-order valence-corrected chi connectivity index (χ2v) is 9.90. The van der Waals surface area contributed by atoms with E-state index in [9.17, 15) is 8.60 Å². The first kappa shape index (κ1) is 23.3. The quantitative estimate of drug-likeness (QED) is 0.346. The van der Waals surface area contributed by atoms with E-state index in [1.807, 2.05) is 33.8 Å². The van der Waals surface area contributed by atoms with Gasteiger partial charge in [0.2, 0.25) is 0 Å². The molecule has 1 atom stereocenters. The van der Waals surface area contributed by atoms with Crippen LogP contribution in [0.3, 0.4) is 0 Å². The summed E-state index contributed by atoms with van der Waals surface area (Å²) in [6.07, 6.45) is 2.07. The molecule has 1 saturated carbocycles. The molecule has 0 spiro atoms. The Morgan fingerprint density at radius 1 is 1.31 bits per heavy atom. The maximum atomic E-state index is 13.5. The molecule has 0 radical (unpaired) electrons. The van der Waals surface area contributed by atoms with Gasteiger partial charge < -0.3 is 10.6 Å². The van der Waals surface area contributed by atoms with Gasteiger partial charge >= 0.3 is 0 Å². The molecule has 1 unspecified atom stereocenters. The molecule has 0 amide bonds. The first-order valence-corrected chi connectivity index (χ1v) is 10.3. The van der Waals surface area contributed by atoms with E-state index in [4.69, 9.17) is 0 Å². The van der Waals surface area contributed by atoms with Crippen molar-refractivity contribution in [2.24, 2.45) is 4.99 Å². The number of benzene rings is 1. The second kappa shape index (κ2) is 10.0. The molecule has 1 aliphatic carbocycles. The predicted octanol–water partition coefficient (Wildman–Crippen LogP) is 3.58. The lowest BCUT2D eigenvalue weighted by atomic mass is 9.96. The van der Waals surface area contributed by atoms with Crippen LogP contribution in [0.5, 0.6) is 0 Å². The Labute approximate surface area is 176 Å². The van der Waals surface area contributed by atoms with E-state index < -0.39 is 10.8 Å². The van der Waals surface area contributed by atoms with Crippen molar-refractivity contribution in [2.45, 2.75) is 50.7 Å². The highest BCUT2D eigenvalue weighted by Crippen LogP contribution is 2.48. The van der Waals surface area contributed by atoms with Crippen LogP contribution in [-0.4, -0.2) is 40.3 Å². The summed E-state index contributed by atoms with van der Waals surface area (Å²) in [6.45, 7) is 9.98. The maximum absolute atomic E-state index is 13.5. The van der Waals surface area contributed by atoms with E-state index in [0.29, 0.717) is 18.8 Å². The molecule has 0 bridgehead atoms. The number of hydrogen-bond donors (Lipinski definition) is 2. The molecular formula is C19H31FIN3OS. The van der Waals surface area contributed by atoms with Crippen LogP contribution >= 0.6 is 24.0 Å². The third-order valence-corrected chi connectivity index (χ3v) is 6.38. The Bertz CT molecular complexity index is 642. The lowest BCUT2D eigenvalue weighted by molar-refractivity contribution is 0.616. The summed E-state index contributed by atoms with van der Waals surface area (Å²) in [5, 5.41) is 6.48. The Balaban J connectivity index is 0.00000338. The Morgan fingerprint density at radius 3 is 2.54 bits per heavy atom. The molecule has 7 heteroatoms. The summed E-state index contributed by atoms with van der Waals surface area (Å²) in [6, 6.07) is 6.84. The van der Waals surface area contributed by atoms with E-state index in [0.717, 1.165) is 30.9 Å². The summed E-state index contributed by atoms with van der Waals surface area (Å²) >= 11 is 0.